The average molecular weight is 1160 g/mol. The molecule has 464 valence electrons. The number of aliphatic hydroxyl groups is 2. The van der Waals surface area contributed by atoms with Gasteiger partial charge in [0.2, 0.25) is 65.0 Å². The maximum Gasteiger partial charge on any atom is 0.245 e. The topological polar surface area (TPSA) is 491 Å². The highest BCUT2D eigenvalue weighted by molar-refractivity contribution is 5.99. The van der Waals surface area contributed by atoms with Crippen molar-refractivity contribution < 1.29 is 63.0 Å². The molecule has 11 amide bonds. The second kappa shape index (κ2) is 38.6. The van der Waals surface area contributed by atoms with E-state index in [2.05, 4.69) is 72.3 Å². The maximum atomic E-state index is 14.4. The molecule has 81 heavy (non-hydrogen) atoms. The molecule has 1 saturated heterocycles. The number of amides is 11. The van der Waals surface area contributed by atoms with Crippen molar-refractivity contribution in [3.63, 3.8) is 0 Å². The van der Waals surface area contributed by atoms with Crippen molar-refractivity contribution in [1.29, 1.82) is 0 Å². The van der Waals surface area contributed by atoms with Crippen LogP contribution < -0.4 is 87.2 Å². The van der Waals surface area contributed by atoms with E-state index in [1.165, 1.54) is 13.8 Å². The van der Waals surface area contributed by atoms with Gasteiger partial charge >= 0.3 is 0 Å². The number of unbranched alkanes of at least 4 members (excludes halogenated alkanes) is 1. The Morgan fingerprint density at radius 3 is 1.49 bits per heavy atom. The van der Waals surface area contributed by atoms with Crippen molar-refractivity contribution in [1.82, 2.24) is 58.5 Å². The van der Waals surface area contributed by atoms with Crippen molar-refractivity contribution >= 4 is 65.0 Å². The van der Waals surface area contributed by atoms with Crippen molar-refractivity contribution in [2.75, 3.05) is 39.3 Å². The van der Waals surface area contributed by atoms with Gasteiger partial charge in [0, 0.05) is 13.0 Å². The third-order valence-electron chi connectivity index (χ3n) is 13.5. The van der Waals surface area contributed by atoms with Crippen LogP contribution in [0.4, 0.5) is 0 Å². The van der Waals surface area contributed by atoms with Crippen molar-refractivity contribution in [3.8, 4) is 0 Å². The first kappa shape index (κ1) is 72.9. The molecule has 0 aromatic carbocycles. The van der Waals surface area contributed by atoms with Gasteiger partial charge in [-0.2, -0.15) is 0 Å². The third kappa shape index (κ3) is 26.6. The van der Waals surface area contributed by atoms with E-state index >= 15 is 0 Å². The van der Waals surface area contributed by atoms with Gasteiger partial charge in [0.05, 0.1) is 12.2 Å². The van der Waals surface area contributed by atoms with Gasteiger partial charge < -0.3 is 97.4 Å². The second-order valence-electron chi connectivity index (χ2n) is 21.5. The first-order valence-electron chi connectivity index (χ1n) is 28.4. The number of carbonyl (C=O) groups is 11. The van der Waals surface area contributed by atoms with E-state index in [0.717, 1.165) is 12.8 Å². The van der Waals surface area contributed by atoms with Crippen molar-refractivity contribution in [2.24, 2.45) is 46.4 Å². The molecule has 13 unspecified atom stereocenters. The summed E-state index contributed by atoms with van der Waals surface area (Å²) in [5, 5.41) is 49.5. The molecular formula is C52H98N16O13. The summed E-state index contributed by atoms with van der Waals surface area (Å²) in [4.78, 5) is 153. The van der Waals surface area contributed by atoms with Crippen LogP contribution in [0.5, 0.6) is 0 Å². The lowest BCUT2D eigenvalue weighted by atomic mass is 9.96. The van der Waals surface area contributed by atoms with Crippen molar-refractivity contribution in [3.05, 3.63) is 0 Å². The summed E-state index contributed by atoms with van der Waals surface area (Å²) in [6, 6.07) is -14.5. The highest BCUT2D eigenvalue weighted by atomic mass is 16.3. The Morgan fingerprint density at radius 1 is 0.531 bits per heavy atom. The molecule has 1 aliphatic heterocycles. The summed E-state index contributed by atoms with van der Waals surface area (Å²) in [6.07, 6.45) is -1.52. The number of hydrogen-bond acceptors (Lipinski definition) is 18. The van der Waals surface area contributed by atoms with Gasteiger partial charge in [0.1, 0.15) is 60.4 Å². The summed E-state index contributed by atoms with van der Waals surface area (Å²) >= 11 is 0. The van der Waals surface area contributed by atoms with Crippen LogP contribution in [0, 0.1) is 17.8 Å². The number of rotatable bonds is 28. The zero-order valence-electron chi connectivity index (χ0n) is 48.7. The smallest absolute Gasteiger partial charge is 0.245 e. The van der Waals surface area contributed by atoms with Crippen LogP contribution in [0.25, 0.3) is 0 Å². The number of hydrogen-bond donors (Lipinski definition) is 18. The van der Waals surface area contributed by atoms with Gasteiger partial charge in [-0.1, -0.05) is 60.8 Å². The first-order valence-corrected chi connectivity index (χ1v) is 28.4. The molecule has 1 fully saturated rings. The van der Waals surface area contributed by atoms with Gasteiger partial charge in [-0.05, 0) is 116 Å². The summed E-state index contributed by atoms with van der Waals surface area (Å²) in [6.45, 7) is 12.4. The Bertz CT molecular complexity index is 2050. The molecule has 0 radical (unpaired) electrons. The highest BCUT2D eigenvalue weighted by Crippen LogP contribution is 2.14. The molecule has 0 saturated carbocycles. The van der Waals surface area contributed by atoms with Crippen LogP contribution in [0.1, 0.15) is 132 Å². The quantitative estimate of drug-likeness (QED) is 0.0325. The zero-order valence-corrected chi connectivity index (χ0v) is 48.7. The van der Waals surface area contributed by atoms with E-state index in [0.29, 0.717) is 18.8 Å². The molecular weight excluding hydrogens is 1060 g/mol. The lowest BCUT2D eigenvalue weighted by Crippen LogP contribution is -2.62. The van der Waals surface area contributed by atoms with Crippen LogP contribution in [-0.4, -0.2) is 187 Å². The molecule has 0 aliphatic carbocycles. The molecule has 1 heterocycles. The van der Waals surface area contributed by atoms with E-state index in [-0.39, 0.29) is 83.6 Å². The van der Waals surface area contributed by atoms with Gasteiger partial charge in [0.25, 0.3) is 0 Å². The Labute approximate surface area is 475 Å². The molecule has 13 atom stereocenters. The number of nitrogens with one attached hydrogen (secondary N) is 11. The van der Waals surface area contributed by atoms with E-state index in [9.17, 15) is 63.0 Å². The molecule has 0 bridgehead atoms. The van der Waals surface area contributed by atoms with Crippen LogP contribution >= 0.6 is 0 Å². The fourth-order valence-corrected chi connectivity index (χ4v) is 8.59. The van der Waals surface area contributed by atoms with E-state index in [1.54, 1.807) is 27.7 Å². The number of nitrogens with two attached hydrogens (primary N) is 5. The minimum Gasteiger partial charge on any atom is -0.391 e. The van der Waals surface area contributed by atoms with Crippen LogP contribution in [-0.2, 0) is 52.7 Å². The van der Waals surface area contributed by atoms with Crippen LogP contribution in [0.2, 0.25) is 0 Å². The monoisotopic (exact) mass is 1150 g/mol. The third-order valence-corrected chi connectivity index (χ3v) is 13.5. The molecule has 0 aromatic rings. The van der Waals surface area contributed by atoms with E-state index in [4.69, 9.17) is 28.7 Å². The standard InChI is InChI=1S/C52H98N16O13/c1-9-29(6)40-51(80)63-34(16-22-55)43(72)61-36(18-24-57)48(77)67-41(30(7)69)50(79)58-25-19-37(46(75)60-33(15-21-54)45(74)65-38(26-28(4)5)49(78)66-40)62-44(73)35(17-23-56)64-52(81)42(31(8)70)68-47(76)32(14-20-53)59-39(71)13-11-10-12-27(2)3/h27-38,40-42,69-70H,9-26,53-57H2,1-8H3,(H,58,79)(H,59,71)(H,60,75)(H,61,72)(H,62,73)(H,63,80)(H,64,81)(H,65,74)(H,66,78)(H,67,77)(H,68,76). The van der Waals surface area contributed by atoms with Crippen LogP contribution in [0.3, 0.4) is 0 Å². The summed E-state index contributed by atoms with van der Waals surface area (Å²) < 4.78 is 0. The maximum absolute atomic E-state index is 14.4. The predicted molar refractivity (Wildman–Crippen MR) is 301 cm³/mol. The Kier molecular flexibility index (Phi) is 34.7. The molecule has 23 N–H and O–H groups in total. The molecule has 29 heteroatoms. The number of aliphatic hydroxyl groups excluding tert-OH is 2. The lowest BCUT2D eigenvalue weighted by Gasteiger charge is -2.30. The summed E-state index contributed by atoms with van der Waals surface area (Å²) in [7, 11) is 0. The first-order chi connectivity index (χ1) is 38.2. The molecule has 1 rings (SSSR count). The highest BCUT2D eigenvalue weighted by Gasteiger charge is 2.38. The summed E-state index contributed by atoms with van der Waals surface area (Å²) in [5.74, 6) is -9.90. The zero-order chi connectivity index (χ0) is 61.5. The number of carbonyl (C=O) groups excluding carboxylic acids is 11. The molecule has 29 nitrogen and oxygen atoms in total. The van der Waals surface area contributed by atoms with Gasteiger partial charge in [0.15, 0.2) is 0 Å². The SMILES string of the molecule is CCC(C)C1NC(=O)C(CC(C)C)NC(=O)C(CCN)NC(=O)C(NC(=O)C(CCN)NC(=O)C(NC(=O)C(CCN)NC(=O)CCCCC(C)C)C(C)O)CCNC(=O)C(C(C)O)NC(=O)C(CCN)NC(=O)C(CCN)NC1=O. The Morgan fingerprint density at radius 2 is 1.01 bits per heavy atom. The largest absolute Gasteiger partial charge is 0.391 e. The Balaban J connectivity index is 3.84. The van der Waals surface area contributed by atoms with Gasteiger partial charge in [-0.15, -0.1) is 0 Å². The lowest BCUT2D eigenvalue weighted by molar-refractivity contribution is -0.137. The van der Waals surface area contributed by atoms with Gasteiger partial charge in [-0.25, -0.2) is 0 Å². The van der Waals surface area contributed by atoms with Crippen LogP contribution in [0.15, 0.2) is 0 Å². The Hall–Kier alpha value is -6.11. The van der Waals surface area contributed by atoms with Crippen molar-refractivity contribution in [2.45, 2.75) is 205 Å². The predicted octanol–water partition coefficient (Wildman–Crippen LogP) is -5.83. The minimum atomic E-state index is -1.69. The normalized spacial score (nSPS) is 23.6. The summed E-state index contributed by atoms with van der Waals surface area (Å²) in [5.41, 5.74) is 29.2. The van der Waals surface area contributed by atoms with E-state index in [1.807, 2.05) is 0 Å². The second-order valence-corrected chi connectivity index (χ2v) is 21.5. The van der Waals surface area contributed by atoms with E-state index < -0.39 is 156 Å². The fourth-order valence-electron chi connectivity index (χ4n) is 8.59. The molecule has 1 aliphatic rings. The molecule has 0 aromatic heterocycles. The van der Waals surface area contributed by atoms with Gasteiger partial charge in [-0.3, -0.25) is 52.7 Å². The minimum absolute atomic E-state index is 0.0140. The fraction of sp³-hybridized carbons (Fsp3) is 0.788. The average Bonchev–Trinajstić information content (AvgIpc) is 3.42. The molecule has 0 spiro atoms.